The molecule has 0 unspecified atom stereocenters. The minimum Gasteiger partial charge on any atom is -0.326 e. The molecule has 8 nitrogen and oxygen atoms in total. The fraction of sp³-hybridized carbons (Fsp3) is 0.250. The van der Waals surface area contributed by atoms with Crippen molar-refractivity contribution in [2.45, 2.75) is 40.5 Å². The van der Waals surface area contributed by atoms with Crippen molar-refractivity contribution < 1.29 is 28.8 Å². The fourth-order valence-corrected chi connectivity index (χ4v) is 2.89. The first kappa shape index (κ1) is 24.3. The molecule has 0 radical (unpaired) electrons. The van der Waals surface area contributed by atoms with E-state index in [1.165, 1.54) is 64.1 Å². The standard InChI is InChI=1S/C24H24N2O6/c1-13(27)17-7-18(14(2)28)10-21(9-17)25-23(31)5-6-24(32)26-22-11-19(15(3)29)8-20(12-22)16(4)30/h7-12H,5-6H2,1-4H3,(H,25,31)(H,26,32). The Bertz CT molecular complexity index is 979. The smallest absolute Gasteiger partial charge is 0.224 e. The van der Waals surface area contributed by atoms with E-state index in [2.05, 4.69) is 10.6 Å². The number of Topliss-reactive ketones (excluding diaryl/α,β-unsaturated/α-hetero) is 4. The van der Waals surface area contributed by atoms with Crippen molar-refractivity contribution >= 4 is 46.3 Å². The molecule has 8 heteroatoms. The van der Waals surface area contributed by atoms with Crippen molar-refractivity contribution in [3.05, 3.63) is 58.7 Å². The van der Waals surface area contributed by atoms with E-state index in [9.17, 15) is 28.8 Å². The molecule has 0 bridgehead atoms. The summed E-state index contributed by atoms with van der Waals surface area (Å²) in [6, 6.07) is 8.76. The normalized spacial score (nSPS) is 10.2. The summed E-state index contributed by atoms with van der Waals surface area (Å²) in [6.45, 7) is 5.42. The number of rotatable bonds is 9. The van der Waals surface area contributed by atoms with Crippen molar-refractivity contribution in [3.8, 4) is 0 Å². The van der Waals surface area contributed by atoms with Gasteiger partial charge in [-0.25, -0.2) is 0 Å². The molecule has 0 aromatic heterocycles. The van der Waals surface area contributed by atoms with Gasteiger partial charge in [-0.3, -0.25) is 28.8 Å². The van der Waals surface area contributed by atoms with Crippen LogP contribution in [0.2, 0.25) is 0 Å². The molecular formula is C24H24N2O6. The molecule has 0 saturated carbocycles. The van der Waals surface area contributed by atoms with Crippen molar-refractivity contribution in [2.75, 3.05) is 10.6 Å². The Balaban J connectivity index is 2.04. The summed E-state index contributed by atoms with van der Waals surface area (Å²) in [5, 5.41) is 5.17. The molecule has 0 heterocycles. The van der Waals surface area contributed by atoms with E-state index < -0.39 is 11.8 Å². The van der Waals surface area contributed by atoms with Crippen LogP contribution in [0.3, 0.4) is 0 Å². The number of nitrogens with one attached hydrogen (secondary N) is 2. The van der Waals surface area contributed by atoms with Gasteiger partial charge in [0.1, 0.15) is 0 Å². The molecule has 32 heavy (non-hydrogen) atoms. The van der Waals surface area contributed by atoms with Gasteiger partial charge in [0.15, 0.2) is 23.1 Å². The average molecular weight is 436 g/mol. The Morgan fingerprint density at radius 3 is 0.969 bits per heavy atom. The summed E-state index contributed by atoms with van der Waals surface area (Å²) in [7, 11) is 0. The molecule has 2 amide bonds. The third-order valence-electron chi connectivity index (χ3n) is 4.64. The molecule has 0 saturated heterocycles. The maximum absolute atomic E-state index is 12.3. The Hall–Kier alpha value is -3.94. The van der Waals surface area contributed by atoms with Gasteiger partial charge in [0.05, 0.1) is 0 Å². The SMILES string of the molecule is CC(=O)c1cc(NC(=O)CCC(=O)Nc2cc(C(C)=O)cc(C(C)=O)c2)cc(C(C)=O)c1. The number of carbonyl (C=O) groups is 6. The molecule has 2 aromatic rings. The number of ketones is 4. The van der Waals surface area contributed by atoms with Gasteiger partial charge in [-0.05, 0) is 64.1 Å². The molecule has 0 atom stereocenters. The van der Waals surface area contributed by atoms with Crippen LogP contribution >= 0.6 is 0 Å². The van der Waals surface area contributed by atoms with E-state index in [1.807, 2.05) is 0 Å². The van der Waals surface area contributed by atoms with Crippen LogP contribution in [0.5, 0.6) is 0 Å². The lowest BCUT2D eigenvalue weighted by Crippen LogP contribution is -2.18. The number of hydrogen-bond acceptors (Lipinski definition) is 6. The highest BCUT2D eigenvalue weighted by molar-refractivity contribution is 6.04. The van der Waals surface area contributed by atoms with Crippen LogP contribution in [0.15, 0.2) is 36.4 Å². The highest BCUT2D eigenvalue weighted by Gasteiger charge is 2.13. The van der Waals surface area contributed by atoms with Gasteiger partial charge in [0, 0.05) is 46.5 Å². The van der Waals surface area contributed by atoms with E-state index in [1.54, 1.807) is 0 Å². The van der Waals surface area contributed by atoms with Gasteiger partial charge >= 0.3 is 0 Å². The summed E-state index contributed by atoms with van der Waals surface area (Å²) in [5.41, 5.74) is 1.73. The van der Waals surface area contributed by atoms with Crippen LogP contribution in [0.1, 0.15) is 82.0 Å². The van der Waals surface area contributed by atoms with Crippen LogP contribution < -0.4 is 10.6 Å². The number of anilines is 2. The molecule has 0 aliphatic heterocycles. The second kappa shape index (κ2) is 10.4. The van der Waals surface area contributed by atoms with Gasteiger partial charge in [-0.1, -0.05) is 0 Å². The number of benzene rings is 2. The summed E-state index contributed by atoms with van der Waals surface area (Å²) in [6.07, 6.45) is -0.311. The number of hydrogen-bond donors (Lipinski definition) is 2. The molecule has 0 aliphatic rings. The van der Waals surface area contributed by atoms with Crippen LogP contribution in [-0.2, 0) is 9.59 Å². The minimum atomic E-state index is -0.475. The lowest BCUT2D eigenvalue weighted by atomic mass is 10.0. The van der Waals surface area contributed by atoms with Crippen LogP contribution in [0.4, 0.5) is 11.4 Å². The highest BCUT2D eigenvalue weighted by atomic mass is 16.2. The van der Waals surface area contributed by atoms with Crippen LogP contribution in [0.25, 0.3) is 0 Å². The van der Waals surface area contributed by atoms with Crippen LogP contribution in [-0.4, -0.2) is 34.9 Å². The largest absolute Gasteiger partial charge is 0.326 e. The zero-order valence-corrected chi connectivity index (χ0v) is 18.3. The summed E-state index contributed by atoms with van der Waals surface area (Å²) >= 11 is 0. The van der Waals surface area contributed by atoms with Gasteiger partial charge in [0.25, 0.3) is 0 Å². The number of carbonyl (C=O) groups excluding carboxylic acids is 6. The van der Waals surface area contributed by atoms with E-state index in [0.717, 1.165) is 0 Å². The quantitative estimate of drug-likeness (QED) is 0.575. The topological polar surface area (TPSA) is 126 Å². The summed E-state index contributed by atoms with van der Waals surface area (Å²) in [4.78, 5) is 71.2. The van der Waals surface area contributed by atoms with Gasteiger partial charge < -0.3 is 10.6 Å². The second-order valence-corrected chi connectivity index (χ2v) is 7.42. The zero-order chi connectivity index (χ0) is 24.0. The maximum Gasteiger partial charge on any atom is 0.224 e. The molecule has 0 spiro atoms. The first-order valence-corrected chi connectivity index (χ1v) is 9.90. The fourth-order valence-electron chi connectivity index (χ4n) is 2.89. The van der Waals surface area contributed by atoms with Gasteiger partial charge in [-0.15, -0.1) is 0 Å². The molecule has 0 aliphatic carbocycles. The average Bonchev–Trinajstić information content (AvgIpc) is 2.71. The second-order valence-electron chi connectivity index (χ2n) is 7.42. The first-order valence-electron chi connectivity index (χ1n) is 9.90. The predicted octanol–water partition coefficient (Wildman–Crippen LogP) is 3.85. The first-order chi connectivity index (χ1) is 15.0. The predicted molar refractivity (Wildman–Crippen MR) is 119 cm³/mol. The van der Waals surface area contributed by atoms with E-state index >= 15 is 0 Å². The monoisotopic (exact) mass is 436 g/mol. The third kappa shape index (κ3) is 6.80. The zero-order valence-electron chi connectivity index (χ0n) is 18.3. The minimum absolute atomic E-state index is 0.155. The molecule has 2 N–H and O–H groups in total. The van der Waals surface area contributed by atoms with E-state index in [0.29, 0.717) is 0 Å². The Morgan fingerprint density at radius 2 is 0.750 bits per heavy atom. The van der Waals surface area contributed by atoms with Crippen molar-refractivity contribution in [1.29, 1.82) is 0 Å². The van der Waals surface area contributed by atoms with Gasteiger partial charge in [-0.2, -0.15) is 0 Å². The molecule has 0 fully saturated rings. The Morgan fingerprint density at radius 1 is 0.500 bits per heavy atom. The molecule has 2 rings (SSSR count). The van der Waals surface area contributed by atoms with E-state index in [-0.39, 0.29) is 69.6 Å². The lowest BCUT2D eigenvalue weighted by Gasteiger charge is -2.10. The third-order valence-corrected chi connectivity index (χ3v) is 4.64. The van der Waals surface area contributed by atoms with Crippen molar-refractivity contribution in [1.82, 2.24) is 0 Å². The lowest BCUT2D eigenvalue weighted by molar-refractivity contribution is -0.121. The van der Waals surface area contributed by atoms with Crippen molar-refractivity contribution in [3.63, 3.8) is 0 Å². The molecular weight excluding hydrogens is 412 g/mol. The Kier molecular flexibility index (Phi) is 7.90. The number of amides is 2. The van der Waals surface area contributed by atoms with Crippen LogP contribution in [0, 0.1) is 0 Å². The summed E-state index contributed by atoms with van der Waals surface area (Å²) in [5.74, 6) is -1.95. The summed E-state index contributed by atoms with van der Waals surface area (Å²) < 4.78 is 0. The molecule has 2 aromatic carbocycles. The molecule has 166 valence electrons. The van der Waals surface area contributed by atoms with Crippen molar-refractivity contribution in [2.24, 2.45) is 0 Å². The van der Waals surface area contributed by atoms with Gasteiger partial charge in [0.2, 0.25) is 11.8 Å². The highest BCUT2D eigenvalue weighted by Crippen LogP contribution is 2.18. The maximum atomic E-state index is 12.3. The Labute approximate surface area is 185 Å². The van der Waals surface area contributed by atoms with E-state index in [4.69, 9.17) is 0 Å².